The molecule has 1 saturated heterocycles. The summed E-state index contributed by atoms with van der Waals surface area (Å²) in [5, 5.41) is 0. The van der Waals surface area contributed by atoms with Gasteiger partial charge in [-0.05, 0) is 24.6 Å². The maximum Gasteiger partial charge on any atom is 0.245 e. The number of rotatable bonds is 3. The Morgan fingerprint density at radius 3 is 2.38 bits per heavy atom. The maximum absolute atomic E-state index is 12.8. The van der Waals surface area contributed by atoms with E-state index in [-0.39, 0.29) is 0 Å². The van der Waals surface area contributed by atoms with E-state index < -0.39 is 16.3 Å². The highest BCUT2D eigenvalue weighted by atomic mass is 32.2. The molecular weight excluding hydrogens is 286 g/mol. The number of nitrogens with zero attached hydrogens (tertiary/aromatic N) is 1. The molecule has 1 atom stereocenters. The van der Waals surface area contributed by atoms with Gasteiger partial charge in [-0.3, -0.25) is 0 Å². The van der Waals surface area contributed by atoms with Gasteiger partial charge in [0.2, 0.25) is 10.0 Å². The molecule has 5 heteroatoms. The summed E-state index contributed by atoms with van der Waals surface area (Å²) in [5.74, 6) is 0. The first-order chi connectivity index (χ1) is 10.1. The van der Waals surface area contributed by atoms with Crippen molar-refractivity contribution >= 4 is 10.0 Å². The van der Waals surface area contributed by atoms with Crippen LogP contribution in [0.4, 0.5) is 0 Å². The Morgan fingerprint density at radius 1 is 1.05 bits per heavy atom. The van der Waals surface area contributed by atoms with Crippen molar-refractivity contribution in [1.29, 1.82) is 0 Å². The third-order valence-corrected chi connectivity index (χ3v) is 5.42. The number of hydrogen-bond donors (Lipinski definition) is 0. The molecule has 0 unspecified atom stereocenters. The summed E-state index contributed by atoms with van der Waals surface area (Å²) in [7, 11) is -3.54. The molecule has 0 aliphatic carbocycles. The van der Waals surface area contributed by atoms with Gasteiger partial charge in [-0.15, -0.1) is 0 Å². The van der Waals surface area contributed by atoms with Gasteiger partial charge in [0.05, 0.1) is 11.5 Å². The van der Waals surface area contributed by atoms with Gasteiger partial charge in [0.15, 0.2) is 0 Å². The largest absolute Gasteiger partial charge is 0.356 e. The number of benzene rings is 2. The minimum Gasteiger partial charge on any atom is -0.356 e. The van der Waals surface area contributed by atoms with Gasteiger partial charge in [0.1, 0.15) is 6.23 Å². The summed E-state index contributed by atoms with van der Waals surface area (Å²) in [4.78, 5) is 0.305. The molecule has 0 saturated carbocycles. The molecule has 4 nitrogen and oxygen atoms in total. The zero-order valence-corrected chi connectivity index (χ0v) is 12.6. The van der Waals surface area contributed by atoms with E-state index in [9.17, 15) is 8.42 Å². The second-order valence-electron chi connectivity index (χ2n) is 5.06. The van der Waals surface area contributed by atoms with E-state index in [1.165, 1.54) is 4.31 Å². The van der Waals surface area contributed by atoms with Gasteiger partial charge < -0.3 is 4.74 Å². The van der Waals surface area contributed by atoms with E-state index in [0.717, 1.165) is 11.1 Å². The van der Waals surface area contributed by atoms with Crippen LogP contribution in [0.1, 0.15) is 17.4 Å². The van der Waals surface area contributed by atoms with Crippen molar-refractivity contribution in [3.63, 3.8) is 0 Å². The topological polar surface area (TPSA) is 46.6 Å². The van der Waals surface area contributed by atoms with E-state index in [2.05, 4.69) is 0 Å². The van der Waals surface area contributed by atoms with Crippen LogP contribution in [0.15, 0.2) is 59.5 Å². The molecule has 0 aromatic heterocycles. The summed E-state index contributed by atoms with van der Waals surface area (Å²) in [6.07, 6.45) is -0.544. The molecular formula is C16H17NO3S. The van der Waals surface area contributed by atoms with Crippen LogP contribution in [0.5, 0.6) is 0 Å². The van der Waals surface area contributed by atoms with Crippen LogP contribution in [-0.2, 0) is 14.8 Å². The lowest BCUT2D eigenvalue weighted by Crippen LogP contribution is -2.31. The number of ether oxygens (including phenoxy) is 1. The molecule has 0 spiro atoms. The molecule has 0 radical (unpaired) electrons. The van der Waals surface area contributed by atoms with Crippen LogP contribution >= 0.6 is 0 Å². The summed E-state index contributed by atoms with van der Waals surface area (Å²) < 4.78 is 32.6. The Hall–Kier alpha value is -1.69. The van der Waals surface area contributed by atoms with Gasteiger partial charge in [-0.2, -0.15) is 4.31 Å². The second-order valence-corrected chi connectivity index (χ2v) is 6.95. The molecule has 2 aromatic rings. The van der Waals surface area contributed by atoms with Crippen molar-refractivity contribution in [2.75, 3.05) is 13.2 Å². The lowest BCUT2D eigenvalue weighted by Gasteiger charge is -2.23. The Balaban J connectivity index is 1.96. The quantitative estimate of drug-likeness (QED) is 0.876. The van der Waals surface area contributed by atoms with Gasteiger partial charge in [-0.25, -0.2) is 8.42 Å². The zero-order chi connectivity index (χ0) is 14.9. The third-order valence-electron chi connectivity index (χ3n) is 3.56. The van der Waals surface area contributed by atoms with E-state index >= 15 is 0 Å². The van der Waals surface area contributed by atoms with Gasteiger partial charge in [0.25, 0.3) is 0 Å². The maximum atomic E-state index is 12.8. The molecule has 110 valence electrons. The third kappa shape index (κ3) is 2.72. The highest BCUT2D eigenvalue weighted by Gasteiger charge is 2.37. The fraction of sp³-hybridized carbons (Fsp3) is 0.250. The van der Waals surface area contributed by atoms with Crippen molar-refractivity contribution in [3.8, 4) is 0 Å². The average Bonchev–Trinajstić information content (AvgIpc) is 2.99. The summed E-state index contributed by atoms with van der Waals surface area (Å²) >= 11 is 0. The van der Waals surface area contributed by atoms with Gasteiger partial charge >= 0.3 is 0 Å². The minimum absolute atomic E-state index is 0.305. The molecule has 1 aliphatic rings. The van der Waals surface area contributed by atoms with Crippen molar-refractivity contribution in [2.45, 2.75) is 18.0 Å². The lowest BCUT2D eigenvalue weighted by molar-refractivity contribution is 0.0683. The Labute approximate surface area is 125 Å². The second kappa shape index (κ2) is 5.60. The van der Waals surface area contributed by atoms with Crippen LogP contribution in [0, 0.1) is 6.92 Å². The summed E-state index contributed by atoms with van der Waals surface area (Å²) in [6, 6.07) is 16.3. The molecule has 1 aliphatic heterocycles. The highest BCUT2D eigenvalue weighted by molar-refractivity contribution is 7.89. The highest BCUT2D eigenvalue weighted by Crippen LogP contribution is 2.32. The SMILES string of the molecule is Cc1ccc(S(=O)(=O)N2CCO[C@H]2c2ccccc2)cc1. The summed E-state index contributed by atoms with van der Waals surface area (Å²) in [5.41, 5.74) is 1.89. The molecule has 0 amide bonds. The Kier molecular flexibility index (Phi) is 3.80. The number of sulfonamides is 1. The fourth-order valence-corrected chi connectivity index (χ4v) is 3.93. The van der Waals surface area contributed by atoms with Crippen LogP contribution in [0.25, 0.3) is 0 Å². The van der Waals surface area contributed by atoms with Crippen LogP contribution in [0.3, 0.4) is 0 Å². The fourth-order valence-electron chi connectivity index (χ4n) is 2.43. The van der Waals surface area contributed by atoms with E-state index in [0.29, 0.717) is 18.0 Å². The molecule has 1 fully saturated rings. The van der Waals surface area contributed by atoms with Crippen LogP contribution < -0.4 is 0 Å². The Morgan fingerprint density at radius 2 is 1.71 bits per heavy atom. The molecule has 3 rings (SSSR count). The number of aryl methyl sites for hydroxylation is 1. The first-order valence-corrected chi connectivity index (χ1v) is 8.28. The van der Waals surface area contributed by atoms with Gasteiger partial charge in [0, 0.05) is 6.54 Å². The Bertz CT molecular complexity index is 711. The molecule has 0 bridgehead atoms. The van der Waals surface area contributed by atoms with E-state index in [1.54, 1.807) is 24.3 Å². The molecule has 1 heterocycles. The molecule has 2 aromatic carbocycles. The minimum atomic E-state index is -3.54. The monoisotopic (exact) mass is 303 g/mol. The van der Waals surface area contributed by atoms with Crippen molar-refractivity contribution in [2.24, 2.45) is 0 Å². The van der Waals surface area contributed by atoms with Gasteiger partial charge in [-0.1, -0.05) is 48.0 Å². The molecule has 0 N–H and O–H groups in total. The standard InChI is InChI=1S/C16H17NO3S/c1-13-7-9-15(10-8-13)21(18,19)17-11-12-20-16(17)14-5-3-2-4-6-14/h2-10,16H,11-12H2,1H3/t16-/m0/s1. The zero-order valence-electron chi connectivity index (χ0n) is 11.8. The number of hydrogen-bond acceptors (Lipinski definition) is 3. The van der Waals surface area contributed by atoms with E-state index in [1.807, 2.05) is 37.3 Å². The van der Waals surface area contributed by atoms with Crippen molar-refractivity contribution < 1.29 is 13.2 Å². The normalized spacial score (nSPS) is 19.8. The predicted octanol–water partition coefficient (Wildman–Crippen LogP) is 2.71. The lowest BCUT2D eigenvalue weighted by atomic mass is 10.2. The predicted molar refractivity (Wildman–Crippen MR) is 80.2 cm³/mol. The van der Waals surface area contributed by atoms with Crippen LogP contribution in [-0.4, -0.2) is 25.9 Å². The average molecular weight is 303 g/mol. The van der Waals surface area contributed by atoms with Crippen molar-refractivity contribution in [3.05, 3.63) is 65.7 Å². The smallest absolute Gasteiger partial charge is 0.245 e. The first-order valence-electron chi connectivity index (χ1n) is 6.84. The molecule has 21 heavy (non-hydrogen) atoms. The van der Waals surface area contributed by atoms with E-state index in [4.69, 9.17) is 4.74 Å². The van der Waals surface area contributed by atoms with Crippen LogP contribution in [0.2, 0.25) is 0 Å². The first kappa shape index (κ1) is 14.3. The summed E-state index contributed by atoms with van der Waals surface area (Å²) in [6.45, 7) is 2.71. The van der Waals surface area contributed by atoms with Crippen molar-refractivity contribution in [1.82, 2.24) is 4.31 Å².